The number of nitrogens with one attached hydrogen (secondary N) is 2. The van der Waals surface area contributed by atoms with E-state index in [1.54, 1.807) is 25.1 Å². The van der Waals surface area contributed by atoms with Crippen molar-refractivity contribution in [3.63, 3.8) is 0 Å². The number of hydrogen-bond donors (Lipinski definition) is 2. The first-order chi connectivity index (χ1) is 11.5. The van der Waals surface area contributed by atoms with Crippen molar-refractivity contribution in [3.05, 3.63) is 39.9 Å². The van der Waals surface area contributed by atoms with Crippen molar-refractivity contribution in [3.8, 4) is 5.69 Å². The zero-order valence-electron chi connectivity index (χ0n) is 13.9. The molecule has 0 radical (unpaired) electrons. The fourth-order valence-corrected chi connectivity index (χ4v) is 3.36. The van der Waals surface area contributed by atoms with Crippen LogP contribution in [0.4, 0.5) is 0 Å². The summed E-state index contributed by atoms with van der Waals surface area (Å²) in [5, 5.41) is 11.5. The van der Waals surface area contributed by atoms with Crippen molar-refractivity contribution < 1.29 is 4.79 Å². The number of nitrogens with zero attached hydrogens (tertiary/aromatic N) is 3. The van der Waals surface area contributed by atoms with Crippen LogP contribution in [0.25, 0.3) is 5.69 Å². The van der Waals surface area contributed by atoms with E-state index >= 15 is 0 Å². The summed E-state index contributed by atoms with van der Waals surface area (Å²) in [7, 11) is 0. The summed E-state index contributed by atoms with van der Waals surface area (Å²) in [6.45, 7) is 5.62. The molecule has 2 aromatic rings. The van der Waals surface area contributed by atoms with Crippen LogP contribution < -0.4 is 10.6 Å². The van der Waals surface area contributed by atoms with Gasteiger partial charge in [0.1, 0.15) is 11.5 Å². The molecule has 1 fully saturated rings. The zero-order valence-corrected chi connectivity index (χ0v) is 16.3. The molecule has 1 aromatic carbocycles. The maximum atomic E-state index is 12.5. The molecule has 3 rings (SSSR count). The Hall–Kier alpha value is -1.34. The summed E-state index contributed by atoms with van der Waals surface area (Å²) >= 11 is 12.4. The second-order valence-corrected chi connectivity index (χ2v) is 6.83. The highest BCUT2D eigenvalue weighted by Gasteiger charge is 2.25. The maximum absolute atomic E-state index is 12.5. The number of hydrogen-bond acceptors (Lipinski definition) is 4. The molecule has 0 spiro atoms. The molecule has 2 heterocycles. The first kappa shape index (κ1) is 20.0. The minimum absolute atomic E-state index is 0. The molecule has 1 aliphatic rings. The van der Waals surface area contributed by atoms with Gasteiger partial charge in [0.15, 0.2) is 0 Å². The molecular weight excluding hydrogens is 385 g/mol. The van der Waals surface area contributed by atoms with Gasteiger partial charge in [-0.25, -0.2) is 9.67 Å². The van der Waals surface area contributed by atoms with Crippen molar-refractivity contribution in [2.24, 2.45) is 5.92 Å². The molecule has 0 aliphatic carbocycles. The molecule has 2 atom stereocenters. The summed E-state index contributed by atoms with van der Waals surface area (Å²) in [6, 6.07) is 5.27. The molecule has 9 heteroatoms. The fourth-order valence-electron chi connectivity index (χ4n) is 2.81. The molecule has 136 valence electrons. The molecule has 1 aliphatic heterocycles. The van der Waals surface area contributed by atoms with Crippen LogP contribution in [0.2, 0.25) is 10.0 Å². The molecule has 1 saturated heterocycles. The molecule has 1 amide bonds. The van der Waals surface area contributed by atoms with E-state index in [1.165, 1.54) is 4.68 Å². The second kappa shape index (κ2) is 8.36. The van der Waals surface area contributed by atoms with Gasteiger partial charge in [0.2, 0.25) is 5.82 Å². The molecular formula is C16H20Cl3N5O. The molecule has 25 heavy (non-hydrogen) atoms. The Balaban J connectivity index is 0.00000225. The number of para-hydroxylation sites is 1. The van der Waals surface area contributed by atoms with Gasteiger partial charge in [0.05, 0.1) is 10.0 Å². The number of halogens is 3. The van der Waals surface area contributed by atoms with E-state index in [1.807, 2.05) is 0 Å². The average molecular weight is 405 g/mol. The van der Waals surface area contributed by atoms with E-state index in [0.717, 1.165) is 19.5 Å². The summed E-state index contributed by atoms with van der Waals surface area (Å²) in [5.41, 5.74) is 0.526. The van der Waals surface area contributed by atoms with E-state index in [2.05, 4.69) is 27.6 Å². The number of rotatable bonds is 3. The molecule has 0 saturated carbocycles. The third-order valence-corrected chi connectivity index (χ3v) is 4.88. The highest BCUT2D eigenvalue weighted by Crippen LogP contribution is 2.28. The summed E-state index contributed by atoms with van der Waals surface area (Å²) in [6.07, 6.45) is 1.03. The Kier molecular flexibility index (Phi) is 6.68. The van der Waals surface area contributed by atoms with Crippen LogP contribution in [0.3, 0.4) is 0 Å². The fraction of sp³-hybridized carbons (Fsp3) is 0.438. The van der Waals surface area contributed by atoms with Crippen LogP contribution in [-0.2, 0) is 0 Å². The number of benzene rings is 1. The molecule has 2 N–H and O–H groups in total. The van der Waals surface area contributed by atoms with Gasteiger partial charge in [-0.3, -0.25) is 4.79 Å². The largest absolute Gasteiger partial charge is 0.345 e. The number of carbonyl (C=O) groups is 1. The Morgan fingerprint density at radius 1 is 1.36 bits per heavy atom. The first-order valence-electron chi connectivity index (χ1n) is 7.87. The van der Waals surface area contributed by atoms with Crippen LogP contribution in [-0.4, -0.2) is 39.8 Å². The normalized spacial score (nSPS) is 20.0. The van der Waals surface area contributed by atoms with Gasteiger partial charge in [0, 0.05) is 12.6 Å². The lowest BCUT2D eigenvalue weighted by molar-refractivity contribution is 0.0904. The van der Waals surface area contributed by atoms with Crippen molar-refractivity contribution in [1.82, 2.24) is 25.4 Å². The Labute approximate surface area is 162 Å². The predicted octanol–water partition coefficient (Wildman–Crippen LogP) is 3.03. The number of aryl methyl sites for hydroxylation is 1. The highest BCUT2D eigenvalue weighted by atomic mass is 35.5. The number of aromatic nitrogens is 3. The molecule has 0 bridgehead atoms. The summed E-state index contributed by atoms with van der Waals surface area (Å²) in [4.78, 5) is 16.7. The van der Waals surface area contributed by atoms with Gasteiger partial charge >= 0.3 is 0 Å². The van der Waals surface area contributed by atoms with E-state index < -0.39 is 0 Å². The number of piperidine rings is 1. The SMILES string of the molecule is Cc1nc(C(=O)NC2CNCCC2C)nn1-c1c(Cl)cccc1Cl.Cl. The van der Waals surface area contributed by atoms with Crippen LogP contribution >= 0.6 is 35.6 Å². The predicted molar refractivity (Wildman–Crippen MR) is 101 cm³/mol. The van der Waals surface area contributed by atoms with Crippen molar-refractivity contribution in [2.45, 2.75) is 26.3 Å². The Morgan fingerprint density at radius 3 is 2.68 bits per heavy atom. The summed E-state index contributed by atoms with van der Waals surface area (Å²) < 4.78 is 1.50. The van der Waals surface area contributed by atoms with Crippen LogP contribution in [0.5, 0.6) is 0 Å². The second-order valence-electron chi connectivity index (χ2n) is 6.01. The molecule has 2 unspecified atom stereocenters. The average Bonchev–Trinajstić information content (AvgIpc) is 2.91. The Morgan fingerprint density at radius 2 is 2.04 bits per heavy atom. The smallest absolute Gasteiger partial charge is 0.291 e. The van der Waals surface area contributed by atoms with Gasteiger partial charge in [-0.15, -0.1) is 17.5 Å². The van der Waals surface area contributed by atoms with E-state index in [-0.39, 0.29) is 30.2 Å². The van der Waals surface area contributed by atoms with Gasteiger partial charge in [-0.2, -0.15) is 0 Å². The lowest BCUT2D eigenvalue weighted by Crippen LogP contribution is -2.50. The number of amides is 1. The van der Waals surface area contributed by atoms with E-state index in [4.69, 9.17) is 23.2 Å². The van der Waals surface area contributed by atoms with E-state index in [0.29, 0.717) is 27.5 Å². The van der Waals surface area contributed by atoms with Crippen molar-refractivity contribution >= 4 is 41.5 Å². The minimum Gasteiger partial charge on any atom is -0.345 e. The van der Waals surface area contributed by atoms with Gasteiger partial charge < -0.3 is 10.6 Å². The van der Waals surface area contributed by atoms with Crippen LogP contribution in [0, 0.1) is 12.8 Å². The lowest BCUT2D eigenvalue weighted by Gasteiger charge is -2.29. The minimum atomic E-state index is -0.291. The Bertz CT molecular complexity index is 744. The van der Waals surface area contributed by atoms with Crippen molar-refractivity contribution in [1.29, 1.82) is 0 Å². The lowest BCUT2D eigenvalue weighted by atomic mass is 9.95. The van der Waals surface area contributed by atoms with Crippen molar-refractivity contribution in [2.75, 3.05) is 13.1 Å². The monoisotopic (exact) mass is 403 g/mol. The topological polar surface area (TPSA) is 71.8 Å². The maximum Gasteiger partial charge on any atom is 0.291 e. The summed E-state index contributed by atoms with van der Waals surface area (Å²) in [5.74, 6) is 0.781. The quantitative estimate of drug-likeness (QED) is 0.825. The van der Waals surface area contributed by atoms with E-state index in [9.17, 15) is 4.79 Å². The van der Waals surface area contributed by atoms with Gasteiger partial charge in [-0.05, 0) is 37.9 Å². The molecule has 6 nitrogen and oxygen atoms in total. The van der Waals surface area contributed by atoms with Gasteiger partial charge in [-0.1, -0.05) is 36.2 Å². The third kappa shape index (κ3) is 4.26. The van der Waals surface area contributed by atoms with Crippen LogP contribution in [0.15, 0.2) is 18.2 Å². The number of carbonyl (C=O) groups excluding carboxylic acids is 1. The standard InChI is InChI=1S/C16H19Cl2N5O.ClH/c1-9-6-7-19-8-13(9)21-16(24)15-20-10(2)23(22-15)14-11(17)4-3-5-12(14)18;/h3-5,9,13,19H,6-8H2,1-2H3,(H,21,24);1H. The van der Waals surface area contributed by atoms with Crippen LogP contribution in [0.1, 0.15) is 29.8 Å². The first-order valence-corrected chi connectivity index (χ1v) is 8.62. The zero-order chi connectivity index (χ0) is 17.3. The van der Waals surface area contributed by atoms with Gasteiger partial charge in [0.25, 0.3) is 5.91 Å². The third-order valence-electron chi connectivity index (χ3n) is 4.27. The highest BCUT2D eigenvalue weighted by molar-refractivity contribution is 6.37. The molecule has 1 aromatic heterocycles.